The quantitative estimate of drug-likeness (QED) is 0.722. The number of hydrogen-bond acceptors (Lipinski definition) is 1. The van der Waals surface area contributed by atoms with Gasteiger partial charge < -0.3 is 0 Å². The van der Waals surface area contributed by atoms with Crippen molar-refractivity contribution in [2.45, 2.75) is 25.5 Å². The van der Waals surface area contributed by atoms with E-state index in [-0.39, 0.29) is 0 Å². The maximum atomic E-state index is 3.62. The Bertz CT molecular complexity index is 331. The molecule has 0 saturated heterocycles. The molecule has 2 heteroatoms. The van der Waals surface area contributed by atoms with E-state index < -0.39 is 0 Å². The van der Waals surface area contributed by atoms with Crippen molar-refractivity contribution in [1.29, 1.82) is 0 Å². The highest BCUT2D eigenvalue weighted by Gasteiger charge is 2.40. The maximum absolute atomic E-state index is 3.62. The summed E-state index contributed by atoms with van der Waals surface area (Å²) in [7, 11) is 0. The molecule has 0 aromatic heterocycles. The van der Waals surface area contributed by atoms with Gasteiger partial charge in [0.1, 0.15) is 0 Å². The number of thioether (sulfide) groups is 1. The van der Waals surface area contributed by atoms with Crippen molar-refractivity contribution in [3.8, 4) is 0 Å². The van der Waals surface area contributed by atoms with Gasteiger partial charge in [-0.3, -0.25) is 0 Å². The van der Waals surface area contributed by atoms with E-state index in [4.69, 9.17) is 0 Å². The highest BCUT2D eigenvalue weighted by molar-refractivity contribution is 9.09. The fourth-order valence-electron chi connectivity index (χ4n) is 1.64. The number of rotatable bonds is 5. The molecule has 0 heterocycles. The molecule has 1 aliphatic carbocycles. The van der Waals surface area contributed by atoms with Crippen LogP contribution in [0.5, 0.6) is 0 Å². The molecule has 0 atom stereocenters. The van der Waals surface area contributed by atoms with Gasteiger partial charge in [0, 0.05) is 16.8 Å². The predicted octanol–water partition coefficient (Wildman–Crippen LogP) is 4.40. The minimum Gasteiger partial charge on any atom is -0.157 e. The summed E-state index contributed by atoms with van der Waals surface area (Å²) in [6.45, 7) is 2.20. The van der Waals surface area contributed by atoms with E-state index in [0.29, 0.717) is 5.41 Å². The van der Waals surface area contributed by atoms with E-state index in [1.54, 1.807) is 0 Å². The van der Waals surface area contributed by atoms with Crippen molar-refractivity contribution in [3.05, 3.63) is 35.4 Å². The first-order valence-corrected chi connectivity index (χ1v) is 7.72. The highest BCUT2D eigenvalue weighted by Crippen LogP contribution is 2.49. The lowest BCUT2D eigenvalue weighted by Gasteiger charge is -2.11. The van der Waals surface area contributed by atoms with E-state index in [2.05, 4.69) is 58.9 Å². The van der Waals surface area contributed by atoms with Gasteiger partial charge in [0.2, 0.25) is 0 Å². The topological polar surface area (TPSA) is 0 Å². The van der Waals surface area contributed by atoms with Gasteiger partial charge in [0.15, 0.2) is 0 Å². The van der Waals surface area contributed by atoms with Crippen molar-refractivity contribution >= 4 is 27.7 Å². The Balaban J connectivity index is 1.81. The molecule has 1 aromatic carbocycles. The van der Waals surface area contributed by atoms with Crippen molar-refractivity contribution in [2.75, 3.05) is 11.1 Å². The third-order valence-corrected chi connectivity index (χ3v) is 5.69. The van der Waals surface area contributed by atoms with Gasteiger partial charge in [0.05, 0.1) is 0 Å². The summed E-state index contributed by atoms with van der Waals surface area (Å²) in [5.41, 5.74) is 3.56. The molecule has 0 N–H and O–H groups in total. The summed E-state index contributed by atoms with van der Waals surface area (Å²) in [4.78, 5) is 0. The van der Waals surface area contributed by atoms with Crippen LogP contribution in [0.2, 0.25) is 0 Å². The predicted molar refractivity (Wildman–Crippen MR) is 72.8 cm³/mol. The largest absolute Gasteiger partial charge is 0.157 e. The van der Waals surface area contributed by atoms with Gasteiger partial charge in [-0.1, -0.05) is 40.2 Å². The number of halogens is 1. The molecule has 0 spiro atoms. The summed E-state index contributed by atoms with van der Waals surface area (Å²) in [6, 6.07) is 8.70. The van der Waals surface area contributed by atoms with E-state index in [1.807, 2.05) is 0 Å². The lowest BCUT2D eigenvalue weighted by atomic mass is 10.1. The van der Waals surface area contributed by atoms with Crippen LogP contribution >= 0.6 is 27.7 Å². The molecule has 0 nitrogen and oxygen atoms in total. The molecule has 1 aliphatic rings. The van der Waals surface area contributed by atoms with E-state index >= 15 is 0 Å². The average molecular weight is 285 g/mol. The van der Waals surface area contributed by atoms with Gasteiger partial charge in [0.25, 0.3) is 0 Å². The van der Waals surface area contributed by atoms with Gasteiger partial charge >= 0.3 is 0 Å². The second-order valence-corrected chi connectivity index (χ2v) is 6.10. The molecule has 0 bridgehead atoms. The number of aryl methyl sites for hydroxylation is 1. The van der Waals surface area contributed by atoms with Gasteiger partial charge in [-0.25, -0.2) is 0 Å². The molecule has 2 rings (SSSR count). The molecular weight excluding hydrogens is 268 g/mol. The molecular formula is C13H17BrS. The van der Waals surface area contributed by atoms with Crippen LogP contribution in [0.3, 0.4) is 0 Å². The Labute approximate surface area is 105 Å². The lowest BCUT2D eigenvalue weighted by Crippen LogP contribution is -2.05. The SMILES string of the molecule is Cc1ccccc1CSCC1(CBr)CC1. The molecule has 0 aliphatic heterocycles. The minimum absolute atomic E-state index is 0.646. The second-order valence-electron chi connectivity index (χ2n) is 4.55. The van der Waals surface area contributed by atoms with Crippen LogP contribution in [0.25, 0.3) is 0 Å². The Morgan fingerprint density at radius 2 is 2.07 bits per heavy atom. The summed E-state index contributed by atoms with van der Waals surface area (Å²) >= 11 is 5.71. The molecule has 0 radical (unpaired) electrons. The van der Waals surface area contributed by atoms with E-state index in [0.717, 1.165) is 0 Å². The fourth-order valence-corrected chi connectivity index (χ4v) is 4.13. The average Bonchev–Trinajstić information content (AvgIpc) is 3.02. The Kier molecular flexibility index (Phi) is 3.78. The lowest BCUT2D eigenvalue weighted by molar-refractivity contribution is 0.686. The zero-order valence-corrected chi connectivity index (χ0v) is 11.5. The van der Waals surface area contributed by atoms with Crippen LogP contribution in [0.15, 0.2) is 24.3 Å². The minimum atomic E-state index is 0.646. The monoisotopic (exact) mass is 284 g/mol. The van der Waals surface area contributed by atoms with Crippen molar-refractivity contribution in [3.63, 3.8) is 0 Å². The zero-order valence-electron chi connectivity index (χ0n) is 9.13. The normalized spacial score (nSPS) is 17.7. The smallest absolute Gasteiger partial charge is 0.0187 e. The Morgan fingerprint density at radius 1 is 1.33 bits per heavy atom. The van der Waals surface area contributed by atoms with Gasteiger partial charge in [-0.05, 0) is 36.3 Å². The van der Waals surface area contributed by atoms with Crippen molar-refractivity contribution in [2.24, 2.45) is 5.41 Å². The first-order chi connectivity index (χ1) is 7.26. The van der Waals surface area contributed by atoms with Crippen LogP contribution in [0, 0.1) is 12.3 Å². The number of benzene rings is 1. The third-order valence-electron chi connectivity index (χ3n) is 3.17. The van der Waals surface area contributed by atoms with Crippen molar-refractivity contribution < 1.29 is 0 Å². The maximum Gasteiger partial charge on any atom is 0.0187 e. The van der Waals surface area contributed by atoms with Crippen LogP contribution in [0.4, 0.5) is 0 Å². The van der Waals surface area contributed by atoms with Crippen LogP contribution in [-0.4, -0.2) is 11.1 Å². The third kappa shape index (κ3) is 3.01. The van der Waals surface area contributed by atoms with E-state index in [1.165, 1.54) is 40.8 Å². The number of alkyl halides is 1. The second kappa shape index (κ2) is 4.92. The molecule has 0 amide bonds. The Hall–Kier alpha value is 0.0500. The van der Waals surface area contributed by atoms with Gasteiger partial charge in [-0.2, -0.15) is 11.8 Å². The number of hydrogen-bond donors (Lipinski definition) is 0. The zero-order chi connectivity index (χ0) is 10.7. The molecule has 1 saturated carbocycles. The highest BCUT2D eigenvalue weighted by atomic mass is 79.9. The molecule has 0 unspecified atom stereocenters. The first-order valence-electron chi connectivity index (χ1n) is 5.44. The molecule has 15 heavy (non-hydrogen) atoms. The summed E-state index contributed by atoms with van der Waals surface area (Å²) in [5, 5.41) is 1.18. The summed E-state index contributed by atoms with van der Waals surface area (Å²) < 4.78 is 0. The first kappa shape index (κ1) is 11.5. The van der Waals surface area contributed by atoms with Crippen LogP contribution < -0.4 is 0 Å². The molecule has 1 aromatic rings. The van der Waals surface area contributed by atoms with Crippen LogP contribution in [0.1, 0.15) is 24.0 Å². The standard InChI is InChI=1S/C13H17BrS/c1-11-4-2-3-5-12(11)8-15-10-13(9-14)6-7-13/h2-5H,6-10H2,1H3. The van der Waals surface area contributed by atoms with Crippen molar-refractivity contribution in [1.82, 2.24) is 0 Å². The van der Waals surface area contributed by atoms with Gasteiger partial charge in [-0.15, -0.1) is 0 Å². The van der Waals surface area contributed by atoms with E-state index in [9.17, 15) is 0 Å². The fraction of sp³-hybridized carbons (Fsp3) is 0.538. The molecule has 1 fully saturated rings. The molecule has 82 valence electrons. The summed E-state index contributed by atoms with van der Waals surface area (Å²) in [5.74, 6) is 2.48. The Morgan fingerprint density at radius 3 is 2.67 bits per heavy atom. The summed E-state index contributed by atoms with van der Waals surface area (Å²) in [6.07, 6.45) is 2.83. The van der Waals surface area contributed by atoms with Crippen LogP contribution in [-0.2, 0) is 5.75 Å².